The Balaban J connectivity index is 1.71. The van der Waals surface area contributed by atoms with Gasteiger partial charge in [-0.15, -0.1) is 0 Å². The summed E-state index contributed by atoms with van der Waals surface area (Å²) in [4.78, 5) is 0. The molecule has 0 saturated carbocycles. The lowest BCUT2D eigenvalue weighted by molar-refractivity contribution is 0.104. The predicted octanol–water partition coefficient (Wildman–Crippen LogP) is 2.22. The number of aliphatic hydroxyl groups excluding tert-OH is 1. The first-order chi connectivity index (χ1) is 10.3. The lowest BCUT2D eigenvalue weighted by atomic mass is 10.2. The molecule has 0 fully saturated rings. The Kier molecular flexibility index (Phi) is 6.06. The molecule has 0 unspecified atom stereocenters. The highest BCUT2D eigenvalue weighted by Gasteiger charge is 2.07. The molecule has 0 aliphatic rings. The van der Waals surface area contributed by atoms with Crippen molar-refractivity contribution in [1.82, 2.24) is 5.32 Å². The third-order valence-corrected chi connectivity index (χ3v) is 3.05. The Hall–Kier alpha value is -2.04. The molecule has 0 aliphatic heterocycles. The van der Waals surface area contributed by atoms with E-state index in [9.17, 15) is 5.11 Å². The number of rotatable bonds is 8. The fourth-order valence-electron chi connectivity index (χ4n) is 1.96. The molecule has 112 valence electrons. The Labute approximate surface area is 125 Å². The third-order valence-electron chi connectivity index (χ3n) is 3.05. The van der Waals surface area contributed by atoms with Gasteiger partial charge in [0.1, 0.15) is 12.7 Å². The smallest absolute Gasteiger partial charge is 0.161 e. The second kappa shape index (κ2) is 8.29. The zero-order chi connectivity index (χ0) is 14.9. The largest absolute Gasteiger partial charge is 0.493 e. The molecule has 2 N–H and O–H groups in total. The van der Waals surface area contributed by atoms with Gasteiger partial charge in [0.25, 0.3) is 0 Å². The van der Waals surface area contributed by atoms with Crippen molar-refractivity contribution < 1.29 is 14.6 Å². The van der Waals surface area contributed by atoms with E-state index in [0.717, 1.165) is 6.54 Å². The van der Waals surface area contributed by atoms with Crippen molar-refractivity contribution in [2.45, 2.75) is 12.6 Å². The normalized spacial score (nSPS) is 11.9. The molecule has 0 aromatic heterocycles. The van der Waals surface area contributed by atoms with E-state index in [-0.39, 0.29) is 6.61 Å². The molecule has 0 amide bonds. The molecule has 0 heterocycles. The van der Waals surface area contributed by atoms with Gasteiger partial charge >= 0.3 is 0 Å². The minimum absolute atomic E-state index is 0.224. The van der Waals surface area contributed by atoms with Crippen LogP contribution in [0, 0.1) is 0 Å². The molecule has 4 nitrogen and oxygen atoms in total. The van der Waals surface area contributed by atoms with Crippen molar-refractivity contribution in [1.29, 1.82) is 0 Å². The first-order valence-corrected chi connectivity index (χ1v) is 6.98. The van der Waals surface area contributed by atoms with Gasteiger partial charge in [-0.1, -0.05) is 42.5 Å². The quantitative estimate of drug-likeness (QED) is 0.781. The van der Waals surface area contributed by atoms with Crippen molar-refractivity contribution in [3.8, 4) is 11.5 Å². The van der Waals surface area contributed by atoms with Gasteiger partial charge in [-0.3, -0.25) is 0 Å². The van der Waals surface area contributed by atoms with Crippen molar-refractivity contribution in [2.75, 3.05) is 20.3 Å². The summed E-state index contributed by atoms with van der Waals surface area (Å²) in [5.41, 5.74) is 1.19. The van der Waals surface area contributed by atoms with Crippen LogP contribution in [0.5, 0.6) is 11.5 Å². The second-order valence-corrected chi connectivity index (χ2v) is 4.73. The minimum Gasteiger partial charge on any atom is -0.493 e. The highest BCUT2D eigenvalue weighted by molar-refractivity contribution is 5.39. The number of para-hydroxylation sites is 2. The highest BCUT2D eigenvalue weighted by atomic mass is 16.5. The maximum absolute atomic E-state index is 9.92. The Morgan fingerprint density at radius 2 is 1.67 bits per heavy atom. The van der Waals surface area contributed by atoms with Crippen molar-refractivity contribution >= 4 is 0 Å². The third kappa shape index (κ3) is 5.10. The van der Waals surface area contributed by atoms with Crippen LogP contribution in [-0.2, 0) is 6.54 Å². The topological polar surface area (TPSA) is 50.7 Å². The SMILES string of the molecule is COc1ccccc1OC[C@H](O)CNCc1ccccc1. The molecular weight excluding hydrogens is 266 g/mol. The molecule has 0 aliphatic carbocycles. The first kappa shape index (κ1) is 15.4. The van der Waals surface area contributed by atoms with Crippen LogP contribution in [0.25, 0.3) is 0 Å². The molecule has 21 heavy (non-hydrogen) atoms. The molecule has 0 radical (unpaired) electrons. The van der Waals surface area contributed by atoms with Gasteiger partial charge in [-0.25, -0.2) is 0 Å². The van der Waals surface area contributed by atoms with E-state index >= 15 is 0 Å². The molecule has 1 atom stereocenters. The van der Waals surface area contributed by atoms with Crippen molar-refractivity contribution in [3.05, 3.63) is 60.2 Å². The average Bonchev–Trinajstić information content (AvgIpc) is 2.54. The molecule has 4 heteroatoms. The molecular formula is C17H21NO3. The Morgan fingerprint density at radius 1 is 1.00 bits per heavy atom. The standard InChI is InChI=1S/C17H21NO3/c1-20-16-9-5-6-10-17(16)21-13-15(19)12-18-11-14-7-3-2-4-8-14/h2-10,15,18-19H,11-13H2,1H3/t15-/m1/s1. The van der Waals surface area contributed by atoms with E-state index in [2.05, 4.69) is 5.32 Å². The fourth-order valence-corrected chi connectivity index (χ4v) is 1.96. The summed E-state index contributed by atoms with van der Waals surface area (Å²) < 4.78 is 10.8. The van der Waals surface area contributed by atoms with Crippen LogP contribution in [0.2, 0.25) is 0 Å². The molecule has 0 spiro atoms. The maximum atomic E-state index is 9.92. The highest BCUT2D eigenvalue weighted by Crippen LogP contribution is 2.25. The predicted molar refractivity (Wildman–Crippen MR) is 82.6 cm³/mol. The van der Waals surface area contributed by atoms with Crippen LogP contribution < -0.4 is 14.8 Å². The Bertz CT molecular complexity index is 531. The first-order valence-electron chi connectivity index (χ1n) is 6.98. The summed E-state index contributed by atoms with van der Waals surface area (Å²) in [6, 6.07) is 17.5. The molecule has 2 rings (SSSR count). The van der Waals surface area contributed by atoms with Crippen molar-refractivity contribution in [3.63, 3.8) is 0 Å². The lowest BCUT2D eigenvalue weighted by Gasteiger charge is -2.15. The zero-order valence-corrected chi connectivity index (χ0v) is 12.2. The van der Waals surface area contributed by atoms with Gasteiger partial charge in [0.2, 0.25) is 0 Å². The van der Waals surface area contributed by atoms with E-state index in [1.807, 2.05) is 54.6 Å². The summed E-state index contributed by atoms with van der Waals surface area (Å²) in [6.07, 6.45) is -0.571. The van der Waals surface area contributed by atoms with Crippen molar-refractivity contribution in [2.24, 2.45) is 0 Å². The van der Waals surface area contributed by atoms with E-state index in [1.165, 1.54) is 5.56 Å². The van der Waals surface area contributed by atoms with Gasteiger partial charge < -0.3 is 19.9 Å². The van der Waals surface area contributed by atoms with Crippen LogP contribution >= 0.6 is 0 Å². The molecule has 0 bridgehead atoms. The van der Waals surface area contributed by atoms with Gasteiger partial charge in [0, 0.05) is 13.1 Å². The number of hydrogen-bond acceptors (Lipinski definition) is 4. The summed E-state index contributed by atoms with van der Waals surface area (Å²) in [6.45, 7) is 1.43. The minimum atomic E-state index is -0.571. The van der Waals surface area contributed by atoms with Crippen LogP contribution in [0.15, 0.2) is 54.6 Å². The maximum Gasteiger partial charge on any atom is 0.161 e. The fraction of sp³-hybridized carbons (Fsp3) is 0.294. The van der Waals surface area contributed by atoms with E-state index in [0.29, 0.717) is 18.0 Å². The number of nitrogens with one attached hydrogen (secondary N) is 1. The zero-order valence-electron chi connectivity index (χ0n) is 12.2. The summed E-state index contributed by atoms with van der Waals surface area (Å²) >= 11 is 0. The van der Waals surface area contributed by atoms with Crippen LogP contribution in [0.3, 0.4) is 0 Å². The summed E-state index contributed by atoms with van der Waals surface area (Å²) in [5, 5.41) is 13.1. The number of benzene rings is 2. The van der Waals surface area contributed by atoms with Gasteiger partial charge in [-0.05, 0) is 17.7 Å². The number of hydrogen-bond donors (Lipinski definition) is 2. The number of methoxy groups -OCH3 is 1. The molecule has 0 saturated heterocycles. The number of aliphatic hydroxyl groups is 1. The molecule has 2 aromatic carbocycles. The van der Waals surface area contributed by atoms with E-state index < -0.39 is 6.10 Å². The van der Waals surface area contributed by atoms with Crippen LogP contribution in [0.1, 0.15) is 5.56 Å². The van der Waals surface area contributed by atoms with Crippen LogP contribution in [-0.4, -0.2) is 31.5 Å². The number of ether oxygens (including phenoxy) is 2. The van der Waals surface area contributed by atoms with Gasteiger partial charge in [0.05, 0.1) is 7.11 Å². The molecule has 2 aromatic rings. The summed E-state index contributed by atoms with van der Waals surface area (Å²) in [5.74, 6) is 1.31. The van der Waals surface area contributed by atoms with E-state index in [1.54, 1.807) is 7.11 Å². The van der Waals surface area contributed by atoms with E-state index in [4.69, 9.17) is 9.47 Å². The second-order valence-electron chi connectivity index (χ2n) is 4.73. The lowest BCUT2D eigenvalue weighted by Crippen LogP contribution is -2.31. The monoisotopic (exact) mass is 287 g/mol. The van der Waals surface area contributed by atoms with Crippen LogP contribution in [0.4, 0.5) is 0 Å². The van der Waals surface area contributed by atoms with Gasteiger partial charge in [0.15, 0.2) is 11.5 Å². The summed E-state index contributed by atoms with van der Waals surface area (Å²) in [7, 11) is 1.60. The van der Waals surface area contributed by atoms with Gasteiger partial charge in [-0.2, -0.15) is 0 Å². The average molecular weight is 287 g/mol. The Morgan fingerprint density at radius 3 is 2.38 bits per heavy atom.